The standard InChI is InChI=1S/C12H8N6O4/c19-9(21-11-13-5-15-17-11)7-2-1-3-8(4-7)10(20)22-12-14-6-16-18-12/h1-6H,(H,13,15,17)(H,14,16,18). The number of aromatic amines is 2. The molecule has 2 N–H and O–H groups in total. The van der Waals surface area contributed by atoms with Crippen LogP contribution in [0.2, 0.25) is 0 Å². The van der Waals surface area contributed by atoms with Gasteiger partial charge < -0.3 is 9.47 Å². The summed E-state index contributed by atoms with van der Waals surface area (Å²) in [5.41, 5.74) is 0.312. The summed E-state index contributed by atoms with van der Waals surface area (Å²) in [5.74, 6) is -1.38. The molecule has 3 aromatic rings. The Balaban J connectivity index is 1.74. The summed E-state index contributed by atoms with van der Waals surface area (Å²) in [6.07, 6.45) is 2.40. The summed E-state index contributed by atoms with van der Waals surface area (Å²) in [5, 5.41) is 11.9. The smallest absolute Gasteiger partial charge is 0.345 e. The van der Waals surface area contributed by atoms with Crippen molar-refractivity contribution in [3.63, 3.8) is 0 Å². The first-order valence-corrected chi connectivity index (χ1v) is 5.97. The molecule has 1 aromatic carbocycles. The molecule has 0 bridgehead atoms. The highest BCUT2D eigenvalue weighted by Crippen LogP contribution is 2.11. The van der Waals surface area contributed by atoms with E-state index in [-0.39, 0.29) is 23.1 Å². The van der Waals surface area contributed by atoms with Crippen LogP contribution in [0, 0.1) is 0 Å². The average molecular weight is 300 g/mol. The van der Waals surface area contributed by atoms with E-state index in [9.17, 15) is 9.59 Å². The zero-order valence-electron chi connectivity index (χ0n) is 10.9. The second-order valence-corrected chi connectivity index (χ2v) is 3.94. The molecule has 0 spiro atoms. The number of carbonyl (C=O) groups is 2. The molecule has 110 valence electrons. The van der Waals surface area contributed by atoms with Gasteiger partial charge in [-0.15, -0.1) is 0 Å². The summed E-state index contributed by atoms with van der Waals surface area (Å²) in [4.78, 5) is 31.2. The number of hydrogen-bond acceptors (Lipinski definition) is 8. The van der Waals surface area contributed by atoms with Gasteiger partial charge >= 0.3 is 24.0 Å². The van der Waals surface area contributed by atoms with Gasteiger partial charge in [-0.2, -0.15) is 20.2 Å². The number of hydrogen-bond donors (Lipinski definition) is 2. The topological polar surface area (TPSA) is 136 Å². The van der Waals surface area contributed by atoms with Crippen molar-refractivity contribution in [1.29, 1.82) is 0 Å². The third-order valence-electron chi connectivity index (χ3n) is 2.50. The fraction of sp³-hybridized carbons (Fsp3) is 0. The van der Waals surface area contributed by atoms with Crippen LogP contribution in [-0.2, 0) is 0 Å². The molecule has 22 heavy (non-hydrogen) atoms. The first-order valence-electron chi connectivity index (χ1n) is 5.97. The van der Waals surface area contributed by atoms with Crippen LogP contribution >= 0.6 is 0 Å². The summed E-state index contributed by atoms with van der Waals surface area (Å²) >= 11 is 0. The number of benzene rings is 1. The molecule has 0 saturated heterocycles. The maximum Gasteiger partial charge on any atom is 0.345 e. The highest BCUT2D eigenvalue weighted by atomic mass is 16.6. The Morgan fingerprint density at radius 3 is 1.77 bits per heavy atom. The van der Waals surface area contributed by atoms with E-state index in [0.717, 1.165) is 0 Å². The Kier molecular flexibility index (Phi) is 3.56. The van der Waals surface area contributed by atoms with Crippen LogP contribution in [0.5, 0.6) is 12.0 Å². The molecule has 0 unspecified atom stereocenters. The zero-order valence-corrected chi connectivity index (χ0v) is 10.9. The van der Waals surface area contributed by atoms with Gasteiger partial charge in [0.1, 0.15) is 12.7 Å². The zero-order chi connectivity index (χ0) is 15.4. The van der Waals surface area contributed by atoms with Crippen molar-refractivity contribution in [2.24, 2.45) is 0 Å². The molecule has 2 aromatic heterocycles. The van der Waals surface area contributed by atoms with Crippen molar-refractivity contribution in [2.75, 3.05) is 0 Å². The Labute approximate surface area is 122 Å². The molecular formula is C12H8N6O4. The van der Waals surface area contributed by atoms with Crippen LogP contribution in [0.25, 0.3) is 0 Å². The van der Waals surface area contributed by atoms with Crippen molar-refractivity contribution in [3.05, 3.63) is 48.0 Å². The van der Waals surface area contributed by atoms with Crippen molar-refractivity contribution in [2.45, 2.75) is 0 Å². The molecule has 0 aliphatic carbocycles. The molecule has 0 saturated carbocycles. The molecule has 3 rings (SSSR count). The summed E-state index contributed by atoms with van der Waals surface area (Å²) < 4.78 is 9.86. The number of aromatic nitrogens is 6. The van der Waals surface area contributed by atoms with Crippen LogP contribution < -0.4 is 9.47 Å². The lowest BCUT2D eigenvalue weighted by atomic mass is 10.1. The van der Waals surface area contributed by atoms with Crippen molar-refractivity contribution in [1.82, 2.24) is 30.4 Å². The van der Waals surface area contributed by atoms with E-state index in [0.29, 0.717) is 0 Å². The maximum atomic E-state index is 11.9. The minimum absolute atomic E-state index is 0.0420. The van der Waals surface area contributed by atoms with Gasteiger partial charge in [-0.3, -0.25) is 0 Å². The lowest BCUT2D eigenvalue weighted by molar-refractivity contribution is 0.0719. The van der Waals surface area contributed by atoms with Gasteiger partial charge in [0, 0.05) is 0 Å². The Hall–Kier alpha value is -3.56. The molecule has 10 heteroatoms. The number of nitrogens with one attached hydrogen (secondary N) is 2. The van der Waals surface area contributed by atoms with Gasteiger partial charge in [-0.1, -0.05) is 6.07 Å². The largest absolute Gasteiger partial charge is 0.387 e. The minimum atomic E-state index is -0.689. The van der Waals surface area contributed by atoms with Gasteiger partial charge in [0.25, 0.3) is 0 Å². The molecule has 0 amide bonds. The second kappa shape index (κ2) is 5.83. The summed E-state index contributed by atoms with van der Waals surface area (Å²) in [7, 11) is 0. The highest BCUT2D eigenvalue weighted by molar-refractivity contribution is 5.96. The first kappa shape index (κ1) is 13.4. The van der Waals surface area contributed by atoms with Gasteiger partial charge in [0.05, 0.1) is 11.1 Å². The van der Waals surface area contributed by atoms with E-state index < -0.39 is 11.9 Å². The van der Waals surface area contributed by atoms with E-state index in [4.69, 9.17) is 9.47 Å². The molecule has 0 atom stereocenters. The lowest BCUT2D eigenvalue weighted by Crippen LogP contribution is -2.13. The predicted octanol–water partition coefficient (Wildman–Crippen LogP) is 0.361. The van der Waals surface area contributed by atoms with E-state index in [2.05, 4.69) is 30.4 Å². The molecule has 0 radical (unpaired) electrons. The Morgan fingerprint density at radius 2 is 1.36 bits per heavy atom. The van der Waals surface area contributed by atoms with Gasteiger partial charge in [-0.25, -0.2) is 19.8 Å². The number of ether oxygens (including phenoxy) is 2. The Morgan fingerprint density at radius 1 is 0.864 bits per heavy atom. The molecule has 10 nitrogen and oxygen atoms in total. The highest BCUT2D eigenvalue weighted by Gasteiger charge is 2.15. The van der Waals surface area contributed by atoms with E-state index in [1.165, 1.54) is 36.9 Å². The third kappa shape index (κ3) is 2.95. The number of esters is 2. The SMILES string of the molecule is O=C(Oc1ncn[nH]1)c1cccc(C(=O)Oc2ncn[nH]2)c1. The second-order valence-electron chi connectivity index (χ2n) is 3.94. The monoisotopic (exact) mass is 300 g/mol. The van der Waals surface area contributed by atoms with E-state index >= 15 is 0 Å². The quantitative estimate of drug-likeness (QED) is 0.659. The fourth-order valence-electron chi connectivity index (χ4n) is 1.55. The number of nitrogens with zero attached hydrogens (tertiary/aromatic N) is 4. The number of carbonyl (C=O) groups excluding carboxylic acids is 2. The molecule has 2 heterocycles. The Bertz CT molecular complexity index is 720. The summed E-state index contributed by atoms with van der Waals surface area (Å²) in [6.45, 7) is 0. The van der Waals surface area contributed by atoms with Gasteiger partial charge in [0.15, 0.2) is 0 Å². The third-order valence-corrected chi connectivity index (χ3v) is 2.50. The van der Waals surface area contributed by atoms with Crippen LogP contribution in [0.15, 0.2) is 36.9 Å². The number of rotatable bonds is 4. The molecule has 0 aliphatic rings. The number of H-pyrrole nitrogens is 2. The van der Waals surface area contributed by atoms with Crippen LogP contribution in [0.3, 0.4) is 0 Å². The minimum Gasteiger partial charge on any atom is -0.387 e. The van der Waals surface area contributed by atoms with E-state index in [1.807, 2.05) is 0 Å². The van der Waals surface area contributed by atoms with Crippen LogP contribution in [-0.4, -0.2) is 42.3 Å². The van der Waals surface area contributed by atoms with E-state index in [1.54, 1.807) is 0 Å². The summed E-state index contributed by atoms with van der Waals surface area (Å²) in [6, 6.07) is 5.75. The molecule has 0 fully saturated rings. The van der Waals surface area contributed by atoms with Gasteiger partial charge in [0.2, 0.25) is 0 Å². The average Bonchev–Trinajstić information content (AvgIpc) is 3.21. The van der Waals surface area contributed by atoms with Crippen molar-refractivity contribution >= 4 is 11.9 Å². The fourth-order valence-corrected chi connectivity index (χ4v) is 1.55. The normalized spacial score (nSPS) is 10.2. The molecule has 0 aliphatic heterocycles. The van der Waals surface area contributed by atoms with Crippen molar-refractivity contribution < 1.29 is 19.1 Å². The maximum absolute atomic E-state index is 11.9. The lowest BCUT2D eigenvalue weighted by Gasteiger charge is -2.03. The van der Waals surface area contributed by atoms with Crippen molar-refractivity contribution in [3.8, 4) is 12.0 Å². The molecular weight excluding hydrogens is 292 g/mol. The van der Waals surface area contributed by atoms with Crippen LogP contribution in [0.1, 0.15) is 20.7 Å². The van der Waals surface area contributed by atoms with Gasteiger partial charge in [-0.05, 0) is 18.2 Å². The van der Waals surface area contributed by atoms with Crippen LogP contribution in [0.4, 0.5) is 0 Å². The predicted molar refractivity (Wildman–Crippen MR) is 69.1 cm³/mol. The first-order chi connectivity index (χ1) is 10.7.